The van der Waals surface area contributed by atoms with Gasteiger partial charge >= 0.3 is 0 Å². The Kier molecular flexibility index (Phi) is 5.39. The van der Waals surface area contributed by atoms with Gasteiger partial charge < -0.3 is 5.32 Å². The van der Waals surface area contributed by atoms with Crippen molar-refractivity contribution >= 4 is 5.91 Å². The molecule has 0 aliphatic rings. The highest BCUT2D eigenvalue weighted by atomic mass is 16.1. The van der Waals surface area contributed by atoms with Gasteiger partial charge in [0.25, 0.3) is 0 Å². The molecule has 0 spiro atoms. The van der Waals surface area contributed by atoms with Crippen LogP contribution in [0.3, 0.4) is 0 Å². The summed E-state index contributed by atoms with van der Waals surface area (Å²) in [5.74, 6) is 0.630. The lowest BCUT2D eigenvalue weighted by Gasteiger charge is -2.17. The van der Waals surface area contributed by atoms with Gasteiger partial charge in [-0.25, -0.2) is 0 Å². The number of aryl methyl sites for hydroxylation is 3. The molecule has 1 unspecified atom stereocenters. The first-order valence-corrected chi connectivity index (χ1v) is 6.75. The predicted octanol–water partition coefficient (Wildman–Crippen LogP) is 3.40. The standard InChI is InChI=1S/C16H25NO/c1-11(2)14(5)17-16(18)9-8-15-7-6-12(3)13(4)10-15/h6-7,10-11,14H,8-9H2,1-5H3,(H,17,18). The first-order chi connectivity index (χ1) is 8.40. The zero-order valence-corrected chi connectivity index (χ0v) is 12.2. The Bertz CT molecular complexity index is 410. The fourth-order valence-electron chi connectivity index (χ4n) is 1.71. The van der Waals surface area contributed by atoms with Crippen LogP contribution >= 0.6 is 0 Å². The highest BCUT2D eigenvalue weighted by molar-refractivity contribution is 5.76. The van der Waals surface area contributed by atoms with Gasteiger partial charge in [0.1, 0.15) is 0 Å². The Labute approximate surface area is 111 Å². The Hall–Kier alpha value is -1.31. The molecule has 0 radical (unpaired) electrons. The van der Waals surface area contributed by atoms with E-state index in [-0.39, 0.29) is 11.9 Å². The largest absolute Gasteiger partial charge is 0.353 e. The molecular formula is C16H25NO. The molecule has 0 aromatic heterocycles. The molecule has 0 bridgehead atoms. The van der Waals surface area contributed by atoms with Crippen molar-refractivity contribution in [2.24, 2.45) is 5.92 Å². The van der Waals surface area contributed by atoms with Gasteiger partial charge in [0.05, 0.1) is 0 Å². The number of rotatable bonds is 5. The number of hydrogen-bond donors (Lipinski definition) is 1. The number of benzene rings is 1. The normalized spacial score (nSPS) is 12.6. The van der Waals surface area contributed by atoms with Crippen LogP contribution in [0.1, 0.15) is 43.9 Å². The second kappa shape index (κ2) is 6.58. The third-order valence-corrected chi connectivity index (χ3v) is 3.60. The monoisotopic (exact) mass is 247 g/mol. The SMILES string of the molecule is Cc1ccc(CCC(=O)NC(C)C(C)C)cc1C. The Balaban J connectivity index is 2.45. The van der Waals surface area contributed by atoms with Crippen LogP contribution in [0.2, 0.25) is 0 Å². The Morgan fingerprint density at radius 2 is 1.83 bits per heavy atom. The van der Waals surface area contributed by atoms with Crippen LogP contribution in [-0.4, -0.2) is 11.9 Å². The van der Waals surface area contributed by atoms with E-state index in [4.69, 9.17) is 0 Å². The van der Waals surface area contributed by atoms with Crippen LogP contribution in [0.5, 0.6) is 0 Å². The third-order valence-electron chi connectivity index (χ3n) is 3.60. The lowest BCUT2D eigenvalue weighted by Crippen LogP contribution is -2.36. The van der Waals surface area contributed by atoms with Crippen molar-refractivity contribution in [2.75, 3.05) is 0 Å². The molecule has 0 fully saturated rings. The summed E-state index contributed by atoms with van der Waals surface area (Å²) in [7, 11) is 0. The number of amides is 1. The van der Waals surface area contributed by atoms with Gasteiger partial charge in [0, 0.05) is 12.5 Å². The fourth-order valence-corrected chi connectivity index (χ4v) is 1.71. The summed E-state index contributed by atoms with van der Waals surface area (Å²) in [5.41, 5.74) is 3.84. The molecule has 1 aromatic rings. The van der Waals surface area contributed by atoms with E-state index in [0.717, 1.165) is 6.42 Å². The first-order valence-electron chi connectivity index (χ1n) is 6.75. The van der Waals surface area contributed by atoms with Crippen molar-refractivity contribution < 1.29 is 4.79 Å². The van der Waals surface area contributed by atoms with Crippen LogP contribution in [0.25, 0.3) is 0 Å². The van der Waals surface area contributed by atoms with Gasteiger partial charge in [0.15, 0.2) is 0 Å². The summed E-state index contributed by atoms with van der Waals surface area (Å²) in [5, 5.41) is 3.04. The average molecular weight is 247 g/mol. The molecule has 1 atom stereocenters. The van der Waals surface area contributed by atoms with E-state index in [9.17, 15) is 4.79 Å². The van der Waals surface area contributed by atoms with E-state index in [1.165, 1.54) is 16.7 Å². The zero-order chi connectivity index (χ0) is 13.7. The summed E-state index contributed by atoms with van der Waals surface area (Å²) in [6.45, 7) is 10.5. The van der Waals surface area contributed by atoms with Crippen LogP contribution in [0.4, 0.5) is 0 Å². The smallest absolute Gasteiger partial charge is 0.220 e. The van der Waals surface area contributed by atoms with Crippen LogP contribution < -0.4 is 5.32 Å². The predicted molar refractivity (Wildman–Crippen MR) is 76.7 cm³/mol. The van der Waals surface area contributed by atoms with Crippen molar-refractivity contribution in [1.29, 1.82) is 0 Å². The molecule has 18 heavy (non-hydrogen) atoms. The molecule has 1 amide bonds. The second-order valence-corrected chi connectivity index (χ2v) is 5.52. The van der Waals surface area contributed by atoms with E-state index >= 15 is 0 Å². The molecule has 2 nitrogen and oxygen atoms in total. The molecule has 1 N–H and O–H groups in total. The summed E-state index contributed by atoms with van der Waals surface area (Å²) >= 11 is 0. The molecule has 0 aliphatic carbocycles. The minimum absolute atomic E-state index is 0.148. The van der Waals surface area contributed by atoms with Gasteiger partial charge in [-0.05, 0) is 49.8 Å². The van der Waals surface area contributed by atoms with E-state index < -0.39 is 0 Å². The van der Waals surface area contributed by atoms with E-state index in [0.29, 0.717) is 12.3 Å². The number of nitrogens with one attached hydrogen (secondary N) is 1. The zero-order valence-electron chi connectivity index (χ0n) is 12.2. The molecule has 0 aliphatic heterocycles. The van der Waals surface area contributed by atoms with Crippen LogP contribution in [0.15, 0.2) is 18.2 Å². The molecule has 1 rings (SSSR count). The maximum absolute atomic E-state index is 11.8. The van der Waals surface area contributed by atoms with Crippen molar-refractivity contribution in [3.63, 3.8) is 0 Å². The molecule has 100 valence electrons. The maximum atomic E-state index is 11.8. The van der Waals surface area contributed by atoms with Crippen molar-refractivity contribution in [2.45, 2.75) is 53.5 Å². The molecule has 0 saturated carbocycles. The fraction of sp³-hybridized carbons (Fsp3) is 0.562. The molecule has 0 heterocycles. The highest BCUT2D eigenvalue weighted by Crippen LogP contribution is 2.11. The Morgan fingerprint density at radius 3 is 2.39 bits per heavy atom. The first kappa shape index (κ1) is 14.7. The topological polar surface area (TPSA) is 29.1 Å². The molecule has 1 aromatic carbocycles. The highest BCUT2D eigenvalue weighted by Gasteiger charge is 2.10. The van der Waals surface area contributed by atoms with E-state index in [2.05, 4.69) is 58.1 Å². The summed E-state index contributed by atoms with van der Waals surface area (Å²) < 4.78 is 0. The van der Waals surface area contributed by atoms with E-state index in [1.807, 2.05) is 0 Å². The second-order valence-electron chi connectivity index (χ2n) is 5.52. The summed E-state index contributed by atoms with van der Waals surface area (Å²) in [4.78, 5) is 11.8. The Morgan fingerprint density at radius 1 is 1.17 bits per heavy atom. The summed E-state index contributed by atoms with van der Waals surface area (Å²) in [6, 6.07) is 6.66. The molecule has 0 saturated heterocycles. The minimum atomic E-state index is 0.148. The number of hydrogen-bond acceptors (Lipinski definition) is 1. The minimum Gasteiger partial charge on any atom is -0.353 e. The van der Waals surface area contributed by atoms with Crippen LogP contribution in [-0.2, 0) is 11.2 Å². The lowest BCUT2D eigenvalue weighted by molar-refractivity contribution is -0.121. The summed E-state index contributed by atoms with van der Waals surface area (Å²) in [6.07, 6.45) is 1.39. The van der Waals surface area contributed by atoms with Gasteiger partial charge in [-0.1, -0.05) is 32.0 Å². The maximum Gasteiger partial charge on any atom is 0.220 e. The molecular weight excluding hydrogens is 222 g/mol. The van der Waals surface area contributed by atoms with Gasteiger partial charge in [-0.15, -0.1) is 0 Å². The number of carbonyl (C=O) groups excluding carboxylic acids is 1. The van der Waals surface area contributed by atoms with Crippen molar-refractivity contribution in [3.05, 3.63) is 34.9 Å². The van der Waals surface area contributed by atoms with Crippen LogP contribution in [0, 0.1) is 19.8 Å². The number of carbonyl (C=O) groups is 1. The van der Waals surface area contributed by atoms with Crippen molar-refractivity contribution in [1.82, 2.24) is 5.32 Å². The van der Waals surface area contributed by atoms with E-state index in [1.54, 1.807) is 0 Å². The molecule has 2 heteroatoms. The quantitative estimate of drug-likeness (QED) is 0.849. The van der Waals surface area contributed by atoms with Gasteiger partial charge in [-0.3, -0.25) is 4.79 Å². The van der Waals surface area contributed by atoms with Gasteiger partial charge in [-0.2, -0.15) is 0 Å². The van der Waals surface area contributed by atoms with Gasteiger partial charge in [0.2, 0.25) is 5.91 Å². The third kappa shape index (κ3) is 4.52. The lowest BCUT2D eigenvalue weighted by atomic mass is 10.0. The van der Waals surface area contributed by atoms with Crippen molar-refractivity contribution in [3.8, 4) is 0 Å². The average Bonchev–Trinajstić information content (AvgIpc) is 2.30.